The number of carbonyl (C=O) groups is 2. The highest BCUT2D eigenvalue weighted by Crippen LogP contribution is 2.21. The number of hydrogen-bond acceptors (Lipinski definition) is 6. The largest absolute Gasteiger partial charge is 0.494 e. The molecular formula is C18H22N4O6S. The van der Waals surface area contributed by atoms with Crippen molar-refractivity contribution in [3.63, 3.8) is 0 Å². The summed E-state index contributed by atoms with van der Waals surface area (Å²) in [5.41, 5.74) is -0.0740. The highest BCUT2D eigenvalue weighted by molar-refractivity contribution is 7.89. The second kappa shape index (κ2) is 8.62. The first kappa shape index (κ1) is 20.8. The van der Waals surface area contributed by atoms with Gasteiger partial charge in [0, 0.05) is 32.4 Å². The molecule has 0 aliphatic carbocycles. The highest BCUT2D eigenvalue weighted by Gasteiger charge is 2.30. The molecule has 1 aromatic heterocycles. The van der Waals surface area contributed by atoms with Crippen molar-refractivity contribution in [2.75, 3.05) is 32.8 Å². The van der Waals surface area contributed by atoms with Gasteiger partial charge in [-0.1, -0.05) is 0 Å². The van der Waals surface area contributed by atoms with Gasteiger partial charge < -0.3 is 14.7 Å². The zero-order chi connectivity index (χ0) is 21.0. The van der Waals surface area contributed by atoms with Crippen LogP contribution in [0.3, 0.4) is 0 Å². The lowest BCUT2D eigenvalue weighted by molar-refractivity contribution is -0.133. The van der Waals surface area contributed by atoms with Crippen LogP contribution in [0.5, 0.6) is 5.75 Å². The van der Waals surface area contributed by atoms with Gasteiger partial charge in [-0.15, -0.1) is 0 Å². The quantitative estimate of drug-likeness (QED) is 0.690. The van der Waals surface area contributed by atoms with Crippen molar-refractivity contribution in [3.05, 3.63) is 42.2 Å². The van der Waals surface area contributed by atoms with Crippen molar-refractivity contribution < 1.29 is 27.9 Å². The number of rotatable bonds is 7. The van der Waals surface area contributed by atoms with Gasteiger partial charge in [-0.25, -0.2) is 17.9 Å². The number of amides is 1. The summed E-state index contributed by atoms with van der Waals surface area (Å²) < 4.78 is 33.4. The van der Waals surface area contributed by atoms with Crippen molar-refractivity contribution >= 4 is 21.9 Å². The molecule has 1 N–H and O–H groups in total. The number of benzene rings is 1. The Bertz CT molecular complexity index is 978. The van der Waals surface area contributed by atoms with E-state index >= 15 is 0 Å². The first-order valence-electron chi connectivity index (χ1n) is 9.09. The van der Waals surface area contributed by atoms with E-state index in [1.54, 1.807) is 12.1 Å². The number of nitrogens with zero attached hydrogens (tertiary/aromatic N) is 4. The van der Waals surface area contributed by atoms with Gasteiger partial charge in [-0.05, 0) is 37.3 Å². The number of aromatic carboxylic acids is 1. The van der Waals surface area contributed by atoms with Gasteiger partial charge in [-0.3, -0.25) is 4.79 Å². The SMILES string of the molecule is CCOc1ccc(S(=O)(=O)N2CCN(C(=O)Cn3nccc3C(=O)O)CC2)cc1. The molecule has 2 heterocycles. The van der Waals surface area contributed by atoms with Crippen molar-refractivity contribution in [2.45, 2.75) is 18.4 Å². The van der Waals surface area contributed by atoms with Crippen LogP contribution in [-0.4, -0.2) is 77.2 Å². The summed E-state index contributed by atoms with van der Waals surface area (Å²) in [4.78, 5) is 25.3. The van der Waals surface area contributed by atoms with Gasteiger partial charge in [0.2, 0.25) is 15.9 Å². The van der Waals surface area contributed by atoms with Crippen LogP contribution in [0.25, 0.3) is 0 Å². The highest BCUT2D eigenvalue weighted by atomic mass is 32.2. The Labute approximate surface area is 168 Å². The molecule has 10 nitrogen and oxygen atoms in total. The Morgan fingerprint density at radius 2 is 1.76 bits per heavy atom. The molecule has 1 aliphatic rings. The zero-order valence-electron chi connectivity index (χ0n) is 15.9. The normalized spacial score (nSPS) is 15.3. The summed E-state index contributed by atoms with van der Waals surface area (Å²) in [6.45, 7) is 2.89. The summed E-state index contributed by atoms with van der Waals surface area (Å²) in [6, 6.07) is 7.55. The molecule has 0 saturated carbocycles. The number of carboxylic acids is 1. The Morgan fingerprint density at radius 3 is 2.34 bits per heavy atom. The van der Waals surface area contributed by atoms with E-state index < -0.39 is 16.0 Å². The molecule has 0 unspecified atom stereocenters. The topological polar surface area (TPSA) is 122 Å². The van der Waals surface area contributed by atoms with E-state index in [4.69, 9.17) is 9.84 Å². The van der Waals surface area contributed by atoms with Gasteiger partial charge in [0.25, 0.3) is 0 Å². The molecule has 3 rings (SSSR count). The van der Waals surface area contributed by atoms with Gasteiger partial charge >= 0.3 is 5.97 Å². The Balaban J connectivity index is 1.61. The molecule has 29 heavy (non-hydrogen) atoms. The lowest BCUT2D eigenvalue weighted by atomic mass is 10.3. The van der Waals surface area contributed by atoms with Crippen molar-refractivity contribution in [1.29, 1.82) is 0 Å². The second-order valence-corrected chi connectivity index (χ2v) is 8.31. The van der Waals surface area contributed by atoms with Gasteiger partial charge in [0.1, 0.15) is 18.0 Å². The molecule has 1 aromatic carbocycles. The minimum atomic E-state index is -3.67. The molecule has 1 aliphatic heterocycles. The Kier molecular flexibility index (Phi) is 6.18. The van der Waals surface area contributed by atoms with Crippen LogP contribution in [0.1, 0.15) is 17.4 Å². The molecule has 0 spiro atoms. The van der Waals surface area contributed by atoms with E-state index in [9.17, 15) is 18.0 Å². The molecule has 1 amide bonds. The average molecular weight is 422 g/mol. The van der Waals surface area contributed by atoms with Crippen LogP contribution >= 0.6 is 0 Å². The second-order valence-electron chi connectivity index (χ2n) is 6.37. The number of sulfonamides is 1. The molecule has 1 saturated heterocycles. The summed E-state index contributed by atoms with van der Waals surface area (Å²) in [7, 11) is -3.67. The fraction of sp³-hybridized carbons (Fsp3) is 0.389. The predicted octanol–water partition coefficient (Wildman–Crippen LogP) is 0.513. The number of aromatic nitrogens is 2. The average Bonchev–Trinajstić information content (AvgIpc) is 3.17. The first-order chi connectivity index (χ1) is 13.8. The van der Waals surface area contributed by atoms with Crippen LogP contribution in [0, 0.1) is 0 Å². The predicted molar refractivity (Wildman–Crippen MR) is 102 cm³/mol. The molecule has 156 valence electrons. The molecule has 0 radical (unpaired) electrons. The number of piperazine rings is 1. The molecule has 0 bridgehead atoms. The van der Waals surface area contributed by atoms with Crippen molar-refractivity contribution in [3.8, 4) is 5.75 Å². The molecular weight excluding hydrogens is 400 g/mol. The van der Waals surface area contributed by atoms with E-state index in [1.165, 1.54) is 33.6 Å². The molecule has 11 heteroatoms. The van der Waals surface area contributed by atoms with Gasteiger partial charge in [-0.2, -0.15) is 9.40 Å². The standard InChI is InChI=1S/C18H22N4O6S/c1-2-28-14-3-5-15(6-4-14)29(26,27)21-11-9-20(10-12-21)17(23)13-22-16(18(24)25)7-8-19-22/h3-8H,2,9-13H2,1H3,(H,24,25). The van der Waals surface area contributed by atoms with E-state index in [2.05, 4.69) is 5.10 Å². The first-order valence-corrected chi connectivity index (χ1v) is 10.5. The number of carboxylic acid groups (broad SMARTS) is 1. The third-order valence-electron chi connectivity index (χ3n) is 4.58. The minimum Gasteiger partial charge on any atom is -0.494 e. The third-order valence-corrected chi connectivity index (χ3v) is 6.50. The van der Waals surface area contributed by atoms with Crippen molar-refractivity contribution in [2.24, 2.45) is 0 Å². The van der Waals surface area contributed by atoms with Crippen LogP contribution < -0.4 is 4.74 Å². The smallest absolute Gasteiger partial charge is 0.354 e. The van der Waals surface area contributed by atoms with Gasteiger partial charge in [0.15, 0.2) is 0 Å². The van der Waals surface area contributed by atoms with E-state index in [-0.39, 0.29) is 49.2 Å². The maximum atomic E-state index is 12.8. The van der Waals surface area contributed by atoms with Crippen molar-refractivity contribution in [1.82, 2.24) is 19.0 Å². The van der Waals surface area contributed by atoms with Crippen LogP contribution in [0.4, 0.5) is 0 Å². The Hall–Kier alpha value is -2.92. The third kappa shape index (κ3) is 4.57. The molecule has 2 aromatic rings. The molecule has 0 atom stereocenters. The number of carbonyl (C=O) groups excluding carboxylic acids is 1. The molecule has 1 fully saturated rings. The lowest BCUT2D eigenvalue weighted by Crippen LogP contribution is -2.51. The van der Waals surface area contributed by atoms with Crippen LogP contribution in [0.2, 0.25) is 0 Å². The maximum Gasteiger partial charge on any atom is 0.354 e. The number of hydrogen-bond donors (Lipinski definition) is 1. The maximum absolute atomic E-state index is 12.8. The van der Waals surface area contributed by atoms with Gasteiger partial charge in [0.05, 0.1) is 11.5 Å². The monoisotopic (exact) mass is 422 g/mol. The van der Waals surface area contributed by atoms with E-state index in [0.717, 1.165) is 4.68 Å². The summed E-state index contributed by atoms with van der Waals surface area (Å²) in [5.74, 6) is -0.878. The fourth-order valence-corrected chi connectivity index (χ4v) is 4.49. The summed E-state index contributed by atoms with van der Waals surface area (Å²) >= 11 is 0. The fourth-order valence-electron chi connectivity index (χ4n) is 3.07. The number of ether oxygens (including phenoxy) is 1. The Morgan fingerprint density at radius 1 is 1.10 bits per heavy atom. The van der Waals surface area contributed by atoms with E-state index in [1.807, 2.05) is 6.92 Å². The summed E-state index contributed by atoms with van der Waals surface area (Å²) in [6.07, 6.45) is 1.32. The van der Waals surface area contributed by atoms with Crippen LogP contribution in [-0.2, 0) is 21.4 Å². The van der Waals surface area contributed by atoms with Crippen LogP contribution in [0.15, 0.2) is 41.4 Å². The minimum absolute atomic E-state index is 0.0740. The summed E-state index contributed by atoms with van der Waals surface area (Å²) in [5, 5.41) is 12.9. The lowest BCUT2D eigenvalue weighted by Gasteiger charge is -2.34. The zero-order valence-corrected chi connectivity index (χ0v) is 16.7. The van der Waals surface area contributed by atoms with E-state index in [0.29, 0.717) is 12.4 Å².